The molecule has 2 aromatic rings. The molecule has 2 aliphatic rings. The zero-order valence-corrected chi connectivity index (χ0v) is 14.1. The highest BCUT2D eigenvalue weighted by atomic mass is 16.5. The van der Waals surface area contributed by atoms with Crippen LogP contribution in [0.4, 0.5) is 0 Å². The summed E-state index contributed by atoms with van der Waals surface area (Å²) < 4.78 is 12.3. The normalized spacial score (nSPS) is 27.4. The van der Waals surface area contributed by atoms with Gasteiger partial charge in [0, 0.05) is 18.4 Å². The lowest BCUT2D eigenvalue weighted by molar-refractivity contribution is -0.148. The summed E-state index contributed by atoms with van der Waals surface area (Å²) in [6.45, 7) is 0.471. The fourth-order valence-corrected chi connectivity index (χ4v) is 4.34. The van der Waals surface area contributed by atoms with Crippen LogP contribution in [0.25, 0.3) is 0 Å². The van der Waals surface area contributed by atoms with Crippen LogP contribution in [-0.2, 0) is 16.1 Å². The molecule has 2 heterocycles. The molecule has 0 radical (unpaired) electrons. The number of hydrogen-bond acceptors (Lipinski definition) is 5. The molecule has 0 saturated heterocycles. The van der Waals surface area contributed by atoms with Crippen molar-refractivity contribution in [1.29, 1.82) is 0 Å². The predicted molar refractivity (Wildman–Crippen MR) is 87.6 cm³/mol. The van der Waals surface area contributed by atoms with Crippen LogP contribution in [0.3, 0.4) is 0 Å². The maximum Gasteiger partial charge on any atom is 0.311 e. The monoisotopic (exact) mass is 343 g/mol. The summed E-state index contributed by atoms with van der Waals surface area (Å²) in [5, 5.41) is 7.13. The zero-order valence-electron chi connectivity index (χ0n) is 14.1. The van der Waals surface area contributed by atoms with Crippen molar-refractivity contribution in [3.8, 4) is 0 Å². The van der Waals surface area contributed by atoms with E-state index in [9.17, 15) is 9.59 Å². The molecule has 4 atom stereocenters. The van der Waals surface area contributed by atoms with Crippen LogP contribution >= 0.6 is 0 Å². The second-order valence-corrected chi connectivity index (χ2v) is 6.85. The summed E-state index contributed by atoms with van der Waals surface area (Å²) in [5.74, 6) is 0.826. The van der Waals surface area contributed by atoms with Gasteiger partial charge in [0.2, 0.25) is 0 Å². The van der Waals surface area contributed by atoms with E-state index in [2.05, 4.69) is 10.4 Å². The van der Waals surface area contributed by atoms with Gasteiger partial charge in [0.05, 0.1) is 19.6 Å². The number of ether oxygens (including phenoxy) is 1. The minimum absolute atomic E-state index is 0.168. The van der Waals surface area contributed by atoms with Crippen molar-refractivity contribution < 1.29 is 18.7 Å². The first-order valence-electron chi connectivity index (χ1n) is 8.60. The molecule has 1 amide bonds. The maximum atomic E-state index is 12.6. The highest BCUT2D eigenvalue weighted by molar-refractivity contribution is 5.92. The Bertz CT molecular complexity index is 767. The number of nitrogens with one attached hydrogen (secondary N) is 1. The summed E-state index contributed by atoms with van der Waals surface area (Å²) in [6.07, 6.45) is 6.59. The molecule has 2 saturated carbocycles. The van der Waals surface area contributed by atoms with E-state index in [1.807, 2.05) is 12.3 Å². The van der Waals surface area contributed by atoms with Crippen molar-refractivity contribution in [3.63, 3.8) is 0 Å². The largest absolute Gasteiger partial charge is 0.469 e. The third-order valence-electron chi connectivity index (χ3n) is 5.45. The lowest BCUT2D eigenvalue weighted by Gasteiger charge is -2.29. The molecule has 0 aromatic carbocycles. The van der Waals surface area contributed by atoms with Crippen LogP contribution in [0, 0.1) is 17.8 Å². The average Bonchev–Trinajstić information content (AvgIpc) is 3.39. The molecule has 1 N–H and O–H groups in total. The Balaban J connectivity index is 1.44. The molecule has 2 bridgehead atoms. The molecule has 4 rings (SSSR count). The zero-order chi connectivity index (χ0) is 17.4. The third-order valence-corrected chi connectivity index (χ3v) is 5.45. The van der Waals surface area contributed by atoms with Gasteiger partial charge in [0.15, 0.2) is 5.76 Å². The van der Waals surface area contributed by atoms with E-state index in [1.165, 1.54) is 7.11 Å². The van der Waals surface area contributed by atoms with E-state index in [4.69, 9.17) is 9.15 Å². The quantitative estimate of drug-likeness (QED) is 0.837. The van der Waals surface area contributed by atoms with Crippen molar-refractivity contribution in [3.05, 3.63) is 42.1 Å². The molecule has 2 fully saturated rings. The molecule has 132 valence electrons. The highest BCUT2D eigenvalue weighted by Gasteiger charge is 2.52. The van der Waals surface area contributed by atoms with E-state index in [-0.39, 0.29) is 29.6 Å². The molecule has 25 heavy (non-hydrogen) atoms. The summed E-state index contributed by atoms with van der Waals surface area (Å²) in [5.41, 5.74) is 0. The Morgan fingerprint density at radius 2 is 2.20 bits per heavy atom. The minimum atomic E-state index is -0.279. The standard InChI is InChI=1S/C18H21N3O4/c1-24-18(23)15-11-3-4-12(9-11)16(15)20-17(22)14-6-5-13(25-14)10-21-8-2-7-19-21/h2,5-8,11-12,15-16H,3-4,9-10H2,1H3,(H,20,22). The van der Waals surface area contributed by atoms with Crippen molar-refractivity contribution in [2.75, 3.05) is 7.11 Å². The predicted octanol–water partition coefficient (Wildman–Crippen LogP) is 1.84. The smallest absolute Gasteiger partial charge is 0.311 e. The Labute approximate surface area is 145 Å². The molecule has 2 aromatic heterocycles. The summed E-state index contributed by atoms with van der Waals surface area (Å²) >= 11 is 0. The van der Waals surface area contributed by atoms with Gasteiger partial charge in [0.1, 0.15) is 5.76 Å². The number of furan rings is 1. The molecule has 2 aliphatic carbocycles. The van der Waals surface area contributed by atoms with E-state index >= 15 is 0 Å². The number of aromatic nitrogens is 2. The number of methoxy groups -OCH3 is 1. The first-order chi connectivity index (χ1) is 12.2. The van der Waals surface area contributed by atoms with Gasteiger partial charge < -0.3 is 14.5 Å². The summed E-state index contributed by atoms with van der Waals surface area (Å²) in [7, 11) is 1.40. The second-order valence-electron chi connectivity index (χ2n) is 6.85. The number of carbonyl (C=O) groups is 2. The number of hydrogen-bond donors (Lipinski definition) is 1. The topological polar surface area (TPSA) is 86.4 Å². The molecule has 0 spiro atoms. The van der Waals surface area contributed by atoms with Crippen LogP contribution in [-0.4, -0.2) is 34.8 Å². The second kappa shape index (κ2) is 6.38. The van der Waals surface area contributed by atoms with Gasteiger partial charge in [-0.2, -0.15) is 5.10 Å². The molecule has 0 aliphatic heterocycles. The van der Waals surface area contributed by atoms with Gasteiger partial charge in [-0.25, -0.2) is 0 Å². The lowest BCUT2D eigenvalue weighted by Crippen LogP contribution is -2.47. The number of fused-ring (bicyclic) bond motifs is 2. The van der Waals surface area contributed by atoms with E-state index in [1.54, 1.807) is 23.0 Å². The first kappa shape index (κ1) is 15.9. The first-order valence-corrected chi connectivity index (χ1v) is 8.60. The third kappa shape index (κ3) is 2.94. The molecular formula is C18H21N3O4. The summed E-state index contributed by atoms with van der Waals surface area (Å²) in [6, 6.07) is 5.10. The van der Waals surface area contributed by atoms with Gasteiger partial charge in [-0.1, -0.05) is 0 Å². The highest BCUT2D eigenvalue weighted by Crippen LogP contribution is 2.49. The lowest BCUT2D eigenvalue weighted by atomic mass is 9.84. The van der Waals surface area contributed by atoms with Gasteiger partial charge in [-0.3, -0.25) is 14.3 Å². The Morgan fingerprint density at radius 3 is 2.96 bits per heavy atom. The molecule has 7 nitrogen and oxygen atoms in total. The Hall–Kier alpha value is -2.57. The Kier molecular flexibility index (Phi) is 4.07. The number of esters is 1. The number of rotatable bonds is 5. The maximum absolute atomic E-state index is 12.6. The van der Waals surface area contributed by atoms with Crippen LogP contribution in [0.2, 0.25) is 0 Å². The van der Waals surface area contributed by atoms with Crippen LogP contribution in [0.15, 0.2) is 35.0 Å². The number of amides is 1. The van der Waals surface area contributed by atoms with Crippen molar-refractivity contribution in [1.82, 2.24) is 15.1 Å². The van der Waals surface area contributed by atoms with Crippen molar-refractivity contribution in [2.45, 2.75) is 31.8 Å². The number of carbonyl (C=O) groups excluding carboxylic acids is 2. The van der Waals surface area contributed by atoms with Crippen LogP contribution in [0.1, 0.15) is 35.6 Å². The fourth-order valence-electron chi connectivity index (χ4n) is 4.34. The van der Waals surface area contributed by atoms with Crippen molar-refractivity contribution in [2.24, 2.45) is 17.8 Å². The van der Waals surface area contributed by atoms with Gasteiger partial charge in [-0.15, -0.1) is 0 Å². The molecular weight excluding hydrogens is 322 g/mol. The van der Waals surface area contributed by atoms with E-state index < -0.39 is 0 Å². The van der Waals surface area contributed by atoms with Crippen LogP contribution in [0.5, 0.6) is 0 Å². The van der Waals surface area contributed by atoms with Gasteiger partial charge in [-0.05, 0) is 49.3 Å². The van der Waals surface area contributed by atoms with E-state index in [0.717, 1.165) is 19.3 Å². The fraction of sp³-hybridized carbons (Fsp3) is 0.500. The van der Waals surface area contributed by atoms with Crippen LogP contribution < -0.4 is 5.32 Å². The Morgan fingerprint density at radius 1 is 1.36 bits per heavy atom. The number of nitrogens with zero attached hydrogens (tertiary/aromatic N) is 2. The average molecular weight is 343 g/mol. The SMILES string of the molecule is COC(=O)C1C2CCC(C2)C1NC(=O)c1ccc(Cn2cccn2)o1. The minimum Gasteiger partial charge on any atom is -0.469 e. The molecule has 7 heteroatoms. The van der Waals surface area contributed by atoms with Crippen molar-refractivity contribution >= 4 is 11.9 Å². The molecule has 4 unspecified atom stereocenters. The van der Waals surface area contributed by atoms with E-state index in [0.29, 0.717) is 24.1 Å². The summed E-state index contributed by atoms with van der Waals surface area (Å²) in [4.78, 5) is 24.7. The van der Waals surface area contributed by atoms with Gasteiger partial charge in [0.25, 0.3) is 5.91 Å². The van der Waals surface area contributed by atoms with Gasteiger partial charge >= 0.3 is 5.97 Å².